The second kappa shape index (κ2) is 6.55. The van der Waals surface area contributed by atoms with Gasteiger partial charge in [0, 0.05) is 43.0 Å². The molecule has 0 aliphatic carbocycles. The van der Waals surface area contributed by atoms with Crippen molar-refractivity contribution in [2.75, 3.05) is 43.9 Å². The van der Waals surface area contributed by atoms with Crippen LogP contribution in [0.25, 0.3) is 22.4 Å². The Labute approximate surface area is 155 Å². The summed E-state index contributed by atoms with van der Waals surface area (Å²) in [5.41, 5.74) is 14.1. The summed E-state index contributed by atoms with van der Waals surface area (Å²) in [5, 5.41) is 0. The molecule has 1 saturated heterocycles. The third-order valence-electron chi connectivity index (χ3n) is 5.00. The number of nitrogens with one attached hydrogen (secondary N) is 1. The van der Waals surface area contributed by atoms with E-state index in [1.54, 1.807) is 0 Å². The molecule has 1 fully saturated rings. The fourth-order valence-corrected chi connectivity index (χ4v) is 3.34. The number of imidazole rings is 1. The second-order valence-corrected chi connectivity index (χ2v) is 6.86. The average molecular weight is 368 g/mol. The molecule has 2 aromatic carbocycles. The summed E-state index contributed by atoms with van der Waals surface area (Å²) in [5.74, 6) is -1.01. The van der Waals surface area contributed by atoms with E-state index in [1.807, 2.05) is 18.2 Å². The molecule has 1 amide bonds. The fourth-order valence-electron chi connectivity index (χ4n) is 3.34. The smallest absolute Gasteiger partial charge is 0.248 e. The van der Waals surface area contributed by atoms with Gasteiger partial charge in [-0.3, -0.25) is 4.79 Å². The van der Waals surface area contributed by atoms with Gasteiger partial charge >= 0.3 is 0 Å². The van der Waals surface area contributed by atoms with Crippen molar-refractivity contribution < 1.29 is 9.18 Å². The molecule has 0 saturated carbocycles. The zero-order chi connectivity index (χ0) is 19.1. The van der Waals surface area contributed by atoms with E-state index in [-0.39, 0.29) is 11.3 Å². The van der Waals surface area contributed by atoms with Gasteiger partial charge in [-0.15, -0.1) is 0 Å². The Kier molecular flexibility index (Phi) is 4.19. The highest BCUT2D eigenvalue weighted by molar-refractivity contribution is 5.96. The molecular formula is C19H21FN6O. The van der Waals surface area contributed by atoms with Crippen LogP contribution < -0.4 is 16.4 Å². The van der Waals surface area contributed by atoms with Crippen LogP contribution in [0.4, 0.5) is 15.8 Å². The highest BCUT2D eigenvalue weighted by atomic mass is 19.1. The summed E-state index contributed by atoms with van der Waals surface area (Å²) in [6, 6.07) is 8.48. The first kappa shape index (κ1) is 17.3. The van der Waals surface area contributed by atoms with Crippen LogP contribution in [0.15, 0.2) is 30.3 Å². The lowest BCUT2D eigenvalue weighted by atomic mass is 10.1. The number of benzene rings is 2. The second-order valence-electron chi connectivity index (χ2n) is 6.86. The van der Waals surface area contributed by atoms with E-state index >= 15 is 0 Å². The highest BCUT2D eigenvalue weighted by Gasteiger charge is 2.18. The molecule has 1 aliphatic heterocycles. The van der Waals surface area contributed by atoms with Crippen LogP contribution in [0, 0.1) is 5.82 Å². The third kappa shape index (κ3) is 3.19. The number of hydrogen-bond donors (Lipinski definition) is 3. The average Bonchev–Trinajstić information content (AvgIpc) is 3.07. The standard InChI is InChI=1S/C19H21FN6O/c1-25-4-6-26(7-5-25)12-2-3-15-16(10-12)24-19(23-15)13-8-11(18(22)27)9-14(20)17(13)21/h2-3,8-10H,4-7,21H2,1H3,(H2,22,27)(H,23,24). The zero-order valence-corrected chi connectivity index (χ0v) is 15.0. The number of aromatic nitrogens is 2. The molecule has 0 unspecified atom stereocenters. The molecule has 4 rings (SSSR count). The highest BCUT2D eigenvalue weighted by Crippen LogP contribution is 2.30. The van der Waals surface area contributed by atoms with Crippen LogP contribution in [0.2, 0.25) is 0 Å². The first-order chi connectivity index (χ1) is 12.9. The van der Waals surface area contributed by atoms with E-state index in [2.05, 4.69) is 26.8 Å². The molecule has 0 spiro atoms. The summed E-state index contributed by atoms with van der Waals surface area (Å²) >= 11 is 0. The first-order valence-electron chi connectivity index (χ1n) is 8.75. The van der Waals surface area contributed by atoms with Gasteiger partial charge in [0.25, 0.3) is 0 Å². The molecule has 0 radical (unpaired) electrons. The van der Waals surface area contributed by atoms with Gasteiger partial charge in [-0.25, -0.2) is 9.37 Å². The normalized spacial score (nSPS) is 15.4. The van der Waals surface area contributed by atoms with Gasteiger partial charge < -0.3 is 26.3 Å². The quantitative estimate of drug-likeness (QED) is 0.612. The lowest BCUT2D eigenvalue weighted by molar-refractivity contribution is 0.1000. The predicted octanol–water partition coefficient (Wildman–Crippen LogP) is 1.80. The largest absolute Gasteiger partial charge is 0.396 e. The van der Waals surface area contributed by atoms with Crippen molar-refractivity contribution in [3.8, 4) is 11.4 Å². The number of amides is 1. The molecule has 1 aromatic heterocycles. The van der Waals surface area contributed by atoms with Crippen molar-refractivity contribution in [1.29, 1.82) is 0 Å². The number of nitrogen functional groups attached to an aromatic ring is 1. The lowest BCUT2D eigenvalue weighted by Gasteiger charge is -2.34. The van der Waals surface area contributed by atoms with Crippen LogP contribution in [0.5, 0.6) is 0 Å². The molecule has 0 bridgehead atoms. The molecular weight excluding hydrogens is 347 g/mol. The van der Waals surface area contributed by atoms with E-state index in [4.69, 9.17) is 11.5 Å². The lowest BCUT2D eigenvalue weighted by Crippen LogP contribution is -2.44. The number of hydrogen-bond acceptors (Lipinski definition) is 5. The van der Waals surface area contributed by atoms with Gasteiger partial charge in [0.1, 0.15) is 11.6 Å². The number of nitrogens with zero attached hydrogens (tertiary/aromatic N) is 3. The summed E-state index contributed by atoms with van der Waals surface area (Å²) in [4.78, 5) is 23.7. The third-order valence-corrected chi connectivity index (χ3v) is 5.00. The SMILES string of the molecule is CN1CCN(c2ccc3nc(-c4cc(C(N)=O)cc(F)c4N)[nH]c3c2)CC1. The molecule has 2 heterocycles. The number of carbonyl (C=O) groups is 1. The maximum atomic E-state index is 14.1. The van der Waals surface area contributed by atoms with Crippen molar-refractivity contribution >= 4 is 28.3 Å². The number of aromatic amines is 1. The number of fused-ring (bicyclic) bond motifs is 1. The zero-order valence-electron chi connectivity index (χ0n) is 15.0. The van der Waals surface area contributed by atoms with Gasteiger partial charge in [-0.05, 0) is 37.4 Å². The van der Waals surface area contributed by atoms with Crippen molar-refractivity contribution in [1.82, 2.24) is 14.9 Å². The van der Waals surface area contributed by atoms with E-state index in [0.29, 0.717) is 11.4 Å². The Morgan fingerprint density at radius 1 is 1.19 bits per heavy atom. The van der Waals surface area contributed by atoms with Crippen LogP contribution in [0.3, 0.4) is 0 Å². The topological polar surface area (TPSA) is 104 Å². The molecule has 5 N–H and O–H groups in total. The number of anilines is 2. The van der Waals surface area contributed by atoms with Crippen LogP contribution in [-0.2, 0) is 0 Å². The van der Waals surface area contributed by atoms with Crippen LogP contribution >= 0.6 is 0 Å². The maximum Gasteiger partial charge on any atom is 0.248 e. The summed E-state index contributed by atoms with van der Waals surface area (Å²) in [6.45, 7) is 3.95. The van der Waals surface area contributed by atoms with E-state index in [1.165, 1.54) is 6.07 Å². The number of H-pyrrole nitrogens is 1. The number of rotatable bonds is 3. The van der Waals surface area contributed by atoms with E-state index in [9.17, 15) is 9.18 Å². The monoisotopic (exact) mass is 368 g/mol. The van der Waals surface area contributed by atoms with Crippen molar-refractivity contribution in [3.63, 3.8) is 0 Å². The summed E-state index contributed by atoms with van der Waals surface area (Å²) < 4.78 is 14.1. The predicted molar refractivity (Wildman–Crippen MR) is 104 cm³/mol. The van der Waals surface area contributed by atoms with Gasteiger partial charge in [0.05, 0.1) is 16.7 Å². The minimum absolute atomic E-state index is 0.0512. The van der Waals surface area contributed by atoms with Crippen molar-refractivity contribution in [2.45, 2.75) is 0 Å². The number of primary amides is 1. The molecule has 3 aromatic rings. The number of nitrogens with two attached hydrogens (primary N) is 2. The summed E-state index contributed by atoms with van der Waals surface area (Å²) in [6.07, 6.45) is 0. The minimum Gasteiger partial charge on any atom is -0.396 e. The van der Waals surface area contributed by atoms with Gasteiger partial charge in [0.15, 0.2) is 0 Å². The molecule has 140 valence electrons. The number of halogens is 1. The van der Waals surface area contributed by atoms with Crippen molar-refractivity contribution in [2.24, 2.45) is 5.73 Å². The van der Waals surface area contributed by atoms with Gasteiger partial charge in [-0.2, -0.15) is 0 Å². The van der Waals surface area contributed by atoms with Crippen molar-refractivity contribution in [3.05, 3.63) is 41.7 Å². The van der Waals surface area contributed by atoms with Gasteiger partial charge in [0.2, 0.25) is 5.91 Å². The molecule has 27 heavy (non-hydrogen) atoms. The minimum atomic E-state index is -0.719. The Bertz CT molecular complexity index is 1020. The molecule has 0 atom stereocenters. The Morgan fingerprint density at radius 2 is 1.93 bits per heavy atom. The van der Waals surface area contributed by atoms with Gasteiger partial charge in [-0.1, -0.05) is 0 Å². The first-order valence-corrected chi connectivity index (χ1v) is 8.75. The Balaban J connectivity index is 1.73. The van der Waals surface area contributed by atoms with E-state index in [0.717, 1.165) is 49.0 Å². The maximum absolute atomic E-state index is 14.1. The summed E-state index contributed by atoms with van der Waals surface area (Å²) in [7, 11) is 2.12. The fraction of sp³-hybridized carbons (Fsp3) is 0.263. The Hall–Kier alpha value is -3.13. The Morgan fingerprint density at radius 3 is 2.63 bits per heavy atom. The van der Waals surface area contributed by atoms with Crippen LogP contribution in [0.1, 0.15) is 10.4 Å². The number of likely N-dealkylation sites (N-methyl/N-ethyl adjacent to an activating group) is 1. The van der Waals surface area contributed by atoms with Crippen LogP contribution in [-0.4, -0.2) is 54.0 Å². The van der Waals surface area contributed by atoms with E-state index < -0.39 is 11.7 Å². The molecule has 1 aliphatic rings. The molecule has 8 heteroatoms. The number of carbonyl (C=O) groups excluding carboxylic acids is 1. The number of piperazine rings is 1. The molecule has 7 nitrogen and oxygen atoms in total.